The van der Waals surface area contributed by atoms with Crippen molar-refractivity contribution in [3.8, 4) is 16.8 Å². The zero-order valence-corrected chi connectivity index (χ0v) is 17.9. The summed E-state index contributed by atoms with van der Waals surface area (Å²) in [5.41, 5.74) is 9.60. The summed E-state index contributed by atoms with van der Waals surface area (Å²) in [4.78, 5) is 21.7. The molecule has 0 spiro atoms. The van der Waals surface area contributed by atoms with E-state index in [-0.39, 0.29) is 5.78 Å². The Morgan fingerprint density at radius 2 is 1.61 bits per heavy atom. The maximum atomic E-state index is 12.1. The molecule has 0 N–H and O–H groups in total. The molecule has 33 heavy (non-hydrogen) atoms. The summed E-state index contributed by atoms with van der Waals surface area (Å²) in [6.07, 6.45) is 1.78. The SMILES string of the molecule is CC(=O)c1cccc2c1ncn2-c1cccc2c1nc1c3ccc(-c4ccccc4)c(c3)n21. The fourth-order valence-electron chi connectivity index (χ4n) is 4.95. The van der Waals surface area contributed by atoms with Gasteiger partial charge in [-0.05, 0) is 42.8 Å². The van der Waals surface area contributed by atoms with Gasteiger partial charge in [0.25, 0.3) is 0 Å². The van der Waals surface area contributed by atoms with Crippen LogP contribution in [0.4, 0.5) is 0 Å². The molecule has 0 aliphatic heterocycles. The number of benzene rings is 4. The molecule has 0 aliphatic rings. The van der Waals surface area contributed by atoms with E-state index >= 15 is 0 Å². The molecule has 0 unspecified atom stereocenters. The third kappa shape index (κ3) is 2.44. The standard InChI is InChI=1S/C28H18N4O/c1-17(33)20-9-5-10-22-26(20)29-16-31(22)23-11-6-12-24-27(23)30-28-19-13-14-21(25(15-19)32(24)28)18-7-3-2-4-8-18/h2-16H,1H3. The molecule has 156 valence electrons. The fourth-order valence-corrected chi connectivity index (χ4v) is 4.95. The second-order valence-electron chi connectivity index (χ2n) is 8.36. The average Bonchev–Trinajstić information content (AvgIpc) is 3.52. The number of carbonyl (C=O) groups excluding carboxylic acids is 1. The van der Waals surface area contributed by atoms with Crippen LogP contribution in [0.2, 0.25) is 0 Å². The molecular weight excluding hydrogens is 408 g/mol. The van der Waals surface area contributed by atoms with Gasteiger partial charge in [0.05, 0.1) is 27.8 Å². The van der Waals surface area contributed by atoms with E-state index in [1.807, 2.05) is 28.8 Å². The lowest BCUT2D eigenvalue weighted by atomic mass is 10.0. The molecule has 0 aliphatic carbocycles. The van der Waals surface area contributed by atoms with Crippen LogP contribution in [-0.4, -0.2) is 24.7 Å². The predicted octanol–water partition coefficient (Wildman–Crippen LogP) is 6.29. The first-order chi connectivity index (χ1) is 16.2. The molecule has 2 bridgehead atoms. The van der Waals surface area contributed by atoms with E-state index in [9.17, 15) is 4.79 Å². The Labute approximate surface area is 188 Å². The quantitative estimate of drug-likeness (QED) is 0.312. The van der Waals surface area contributed by atoms with E-state index < -0.39 is 0 Å². The first-order valence-corrected chi connectivity index (χ1v) is 10.9. The number of carbonyl (C=O) groups is 1. The van der Waals surface area contributed by atoms with E-state index in [4.69, 9.17) is 4.98 Å². The largest absolute Gasteiger partial charge is 0.297 e. The molecule has 3 heterocycles. The predicted molar refractivity (Wildman–Crippen MR) is 131 cm³/mol. The van der Waals surface area contributed by atoms with Crippen LogP contribution < -0.4 is 0 Å². The van der Waals surface area contributed by atoms with Crippen LogP contribution >= 0.6 is 0 Å². The minimum atomic E-state index is 0.0111. The van der Waals surface area contributed by atoms with Crippen LogP contribution in [0.25, 0.3) is 55.4 Å². The molecule has 5 heteroatoms. The summed E-state index contributed by atoms with van der Waals surface area (Å²) in [6.45, 7) is 1.58. The number of imidazole rings is 2. The van der Waals surface area contributed by atoms with Gasteiger partial charge in [0.15, 0.2) is 5.78 Å². The van der Waals surface area contributed by atoms with Gasteiger partial charge in [-0.2, -0.15) is 0 Å². The molecule has 3 aromatic heterocycles. The van der Waals surface area contributed by atoms with Crippen molar-refractivity contribution in [3.05, 3.63) is 96.8 Å². The second-order valence-corrected chi connectivity index (χ2v) is 8.36. The molecule has 0 atom stereocenters. The van der Waals surface area contributed by atoms with Crippen molar-refractivity contribution in [2.45, 2.75) is 6.92 Å². The van der Waals surface area contributed by atoms with Crippen LogP contribution in [0.1, 0.15) is 17.3 Å². The lowest BCUT2D eigenvalue weighted by molar-refractivity contribution is 0.101. The first-order valence-electron chi connectivity index (χ1n) is 10.9. The Morgan fingerprint density at radius 1 is 0.788 bits per heavy atom. The maximum Gasteiger partial charge on any atom is 0.162 e. The lowest BCUT2D eigenvalue weighted by Crippen LogP contribution is -1.96. The number of Topliss-reactive ketones (excluding diaryl/α,β-unsaturated/α-hetero) is 1. The summed E-state index contributed by atoms with van der Waals surface area (Å²) < 4.78 is 4.27. The van der Waals surface area contributed by atoms with E-state index in [2.05, 4.69) is 70.0 Å². The number of aromatic nitrogens is 4. The van der Waals surface area contributed by atoms with E-state index in [1.54, 1.807) is 13.3 Å². The third-order valence-electron chi connectivity index (χ3n) is 6.46. The molecule has 7 rings (SSSR count). The van der Waals surface area contributed by atoms with Crippen molar-refractivity contribution >= 4 is 44.4 Å². The highest BCUT2D eigenvalue weighted by molar-refractivity contribution is 6.06. The highest BCUT2D eigenvalue weighted by atomic mass is 16.1. The van der Waals surface area contributed by atoms with Crippen LogP contribution in [-0.2, 0) is 0 Å². The van der Waals surface area contributed by atoms with Crippen molar-refractivity contribution < 1.29 is 4.79 Å². The number of fused-ring (bicyclic) bond motifs is 8. The summed E-state index contributed by atoms with van der Waals surface area (Å²) in [6, 6.07) is 28.9. The fraction of sp³-hybridized carbons (Fsp3) is 0.0357. The van der Waals surface area contributed by atoms with Gasteiger partial charge in [-0.25, -0.2) is 9.97 Å². The van der Waals surface area contributed by atoms with Crippen LogP contribution in [0, 0.1) is 0 Å². The van der Waals surface area contributed by atoms with Crippen LogP contribution in [0.15, 0.2) is 91.3 Å². The Kier molecular flexibility index (Phi) is 3.56. The van der Waals surface area contributed by atoms with E-state index in [0.29, 0.717) is 11.1 Å². The zero-order chi connectivity index (χ0) is 22.1. The Hall–Kier alpha value is -4.51. The monoisotopic (exact) mass is 426 g/mol. The Morgan fingerprint density at radius 3 is 2.45 bits per heavy atom. The molecule has 0 amide bonds. The van der Waals surface area contributed by atoms with Crippen LogP contribution in [0.3, 0.4) is 0 Å². The van der Waals surface area contributed by atoms with Crippen molar-refractivity contribution in [3.63, 3.8) is 0 Å². The minimum absolute atomic E-state index is 0.0111. The Balaban J connectivity index is 1.54. The first kappa shape index (κ1) is 18.1. The van der Waals surface area contributed by atoms with E-state index in [0.717, 1.165) is 38.8 Å². The number of nitrogens with zero attached hydrogens (tertiary/aromatic N) is 4. The lowest BCUT2D eigenvalue weighted by Gasteiger charge is -2.07. The number of ketones is 1. The molecule has 0 saturated carbocycles. The topological polar surface area (TPSA) is 52.2 Å². The molecule has 7 aromatic rings. The van der Waals surface area contributed by atoms with Gasteiger partial charge in [0, 0.05) is 16.5 Å². The third-order valence-corrected chi connectivity index (χ3v) is 6.46. The molecule has 0 saturated heterocycles. The number of hydrogen-bond acceptors (Lipinski definition) is 3. The Bertz CT molecular complexity index is 1840. The van der Waals surface area contributed by atoms with E-state index in [1.165, 1.54) is 11.1 Å². The van der Waals surface area contributed by atoms with Gasteiger partial charge >= 0.3 is 0 Å². The number of rotatable bonds is 3. The minimum Gasteiger partial charge on any atom is -0.297 e. The summed E-state index contributed by atoms with van der Waals surface area (Å²) in [5.74, 6) is 0.0111. The van der Waals surface area contributed by atoms with Crippen molar-refractivity contribution in [2.24, 2.45) is 0 Å². The van der Waals surface area contributed by atoms with Gasteiger partial charge in [0.2, 0.25) is 0 Å². The average molecular weight is 426 g/mol. The molecule has 5 nitrogen and oxygen atoms in total. The highest BCUT2D eigenvalue weighted by Crippen LogP contribution is 2.35. The zero-order valence-electron chi connectivity index (χ0n) is 17.9. The summed E-state index contributed by atoms with van der Waals surface area (Å²) in [7, 11) is 0. The maximum absolute atomic E-state index is 12.1. The van der Waals surface area contributed by atoms with Gasteiger partial charge in [-0.3, -0.25) is 13.8 Å². The second kappa shape index (κ2) is 6.50. The highest BCUT2D eigenvalue weighted by Gasteiger charge is 2.19. The smallest absolute Gasteiger partial charge is 0.162 e. The van der Waals surface area contributed by atoms with Gasteiger partial charge in [0.1, 0.15) is 17.5 Å². The van der Waals surface area contributed by atoms with Gasteiger partial charge < -0.3 is 0 Å². The summed E-state index contributed by atoms with van der Waals surface area (Å²) in [5, 5.41) is 1.11. The van der Waals surface area contributed by atoms with Gasteiger partial charge in [-0.1, -0.05) is 54.6 Å². The van der Waals surface area contributed by atoms with Crippen molar-refractivity contribution in [1.29, 1.82) is 0 Å². The summed E-state index contributed by atoms with van der Waals surface area (Å²) >= 11 is 0. The molecule has 0 fully saturated rings. The number of hydrogen-bond donors (Lipinski definition) is 0. The molecule has 4 aromatic carbocycles. The van der Waals surface area contributed by atoms with Crippen LogP contribution in [0.5, 0.6) is 0 Å². The molecular formula is C28H18N4O. The van der Waals surface area contributed by atoms with Crippen molar-refractivity contribution in [2.75, 3.05) is 0 Å². The van der Waals surface area contributed by atoms with Crippen molar-refractivity contribution in [1.82, 2.24) is 18.9 Å². The normalized spacial score (nSPS) is 11.9. The number of para-hydroxylation sites is 2. The van der Waals surface area contributed by atoms with Gasteiger partial charge in [-0.15, -0.1) is 0 Å². The molecule has 0 radical (unpaired) electrons.